The topological polar surface area (TPSA) is 65.7 Å². The van der Waals surface area contributed by atoms with Crippen molar-refractivity contribution in [3.05, 3.63) is 45.0 Å². The van der Waals surface area contributed by atoms with Crippen LogP contribution in [-0.2, 0) is 0 Å². The summed E-state index contributed by atoms with van der Waals surface area (Å²) in [6.07, 6.45) is 10.6. The molecule has 7 heteroatoms. The summed E-state index contributed by atoms with van der Waals surface area (Å²) in [5.74, 6) is 1.40. The number of methoxy groups -OCH3 is 1. The Labute approximate surface area is 162 Å². The minimum Gasteiger partial charge on any atom is -0.493 e. The SMILES string of the molecule is CCCCCCCCOc1ccc(/C=c2\sc3ncnn3c2=O)cc1OC. The highest BCUT2D eigenvalue weighted by Gasteiger charge is 2.08. The van der Waals surface area contributed by atoms with Gasteiger partial charge in [0.1, 0.15) is 6.33 Å². The van der Waals surface area contributed by atoms with Gasteiger partial charge in [-0.15, -0.1) is 0 Å². The van der Waals surface area contributed by atoms with Gasteiger partial charge in [-0.25, -0.2) is 4.98 Å². The van der Waals surface area contributed by atoms with Crippen molar-refractivity contribution < 1.29 is 9.47 Å². The van der Waals surface area contributed by atoms with Crippen LogP contribution in [-0.4, -0.2) is 28.3 Å². The van der Waals surface area contributed by atoms with Crippen LogP contribution in [0.4, 0.5) is 0 Å². The lowest BCUT2D eigenvalue weighted by atomic mass is 10.1. The highest BCUT2D eigenvalue weighted by Crippen LogP contribution is 2.28. The first-order valence-electron chi connectivity index (χ1n) is 9.38. The molecule has 0 amide bonds. The summed E-state index contributed by atoms with van der Waals surface area (Å²) in [6.45, 7) is 2.91. The fourth-order valence-corrected chi connectivity index (χ4v) is 3.77. The fraction of sp³-hybridized carbons (Fsp3) is 0.450. The molecular formula is C20H25N3O3S. The predicted octanol–water partition coefficient (Wildman–Crippen LogP) is 3.45. The second-order valence-corrected chi connectivity index (χ2v) is 7.41. The summed E-state index contributed by atoms with van der Waals surface area (Å²) in [7, 11) is 1.62. The van der Waals surface area contributed by atoms with Gasteiger partial charge in [0.2, 0.25) is 4.96 Å². The van der Waals surface area contributed by atoms with Gasteiger partial charge in [0.15, 0.2) is 11.5 Å². The highest BCUT2D eigenvalue weighted by atomic mass is 32.1. The minimum atomic E-state index is -0.158. The van der Waals surface area contributed by atoms with E-state index in [1.165, 1.54) is 54.3 Å². The molecule has 0 saturated carbocycles. The second kappa shape index (κ2) is 9.50. The third-order valence-corrected chi connectivity index (χ3v) is 5.34. The number of nitrogens with zero attached hydrogens (tertiary/aromatic N) is 3. The molecule has 0 saturated heterocycles. The van der Waals surface area contributed by atoms with E-state index in [1.807, 2.05) is 24.3 Å². The van der Waals surface area contributed by atoms with Crippen LogP contribution < -0.4 is 19.6 Å². The maximum Gasteiger partial charge on any atom is 0.291 e. The first kappa shape index (κ1) is 19.4. The summed E-state index contributed by atoms with van der Waals surface area (Å²) >= 11 is 1.32. The van der Waals surface area contributed by atoms with Crippen molar-refractivity contribution in [2.45, 2.75) is 45.4 Å². The van der Waals surface area contributed by atoms with Gasteiger partial charge in [0.25, 0.3) is 5.56 Å². The van der Waals surface area contributed by atoms with Gasteiger partial charge < -0.3 is 9.47 Å². The van der Waals surface area contributed by atoms with Gasteiger partial charge in [0, 0.05) is 0 Å². The quantitative estimate of drug-likeness (QED) is 0.499. The molecule has 0 aliphatic rings. The van der Waals surface area contributed by atoms with E-state index < -0.39 is 0 Å². The molecule has 0 bridgehead atoms. The van der Waals surface area contributed by atoms with E-state index in [-0.39, 0.29) is 5.56 Å². The monoisotopic (exact) mass is 387 g/mol. The normalized spacial score (nSPS) is 12.0. The molecule has 0 fully saturated rings. The zero-order valence-corrected chi connectivity index (χ0v) is 16.6. The molecule has 0 aliphatic heterocycles. The highest BCUT2D eigenvalue weighted by molar-refractivity contribution is 7.15. The smallest absolute Gasteiger partial charge is 0.291 e. The molecule has 0 atom stereocenters. The molecule has 0 radical (unpaired) electrons. The van der Waals surface area contributed by atoms with E-state index in [4.69, 9.17) is 9.47 Å². The van der Waals surface area contributed by atoms with Crippen molar-refractivity contribution >= 4 is 22.4 Å². The Morgan fingerprint density at radius 3 is 2.74 bits per heavy atom. The van der Waals surface area contributed by atoms with E-state index in [1.54, 1.807) is 7.11 Å². The summed E-state index contributed by atoms with van der Waals surface area (Å²) < 4.78 is 13.2. The lowest BCUT2D eigenvalue weighted by molar-refractivity contribution is 0.284. The Kier molecular flexibility index (Phi) is 6.81. The number of ether oxygens (including phenoxy) is 2. The lowest BCUT2D eigenvalue weighted by Crippen LogP contribution is -2.23. The Hall–Kier alpha value is -2.41. The standard InChI is InChI=1S/C20H25N3O3S/c1-3-4-5-6-7-8-11-26-16-10-9-15(12-17(16)25-2)13-18-19(24)23-20(27-18)21-14-22-23/h9-10,12-14H,3-8,11H2,1-2H3/b18-13-. The third-order valence-electron chi connectivity index (χ3n) is 4.36. The number of fused-ring (bicyclic) bond motifs is 1. The van der Waals surface area contributed by atoms with Crippen molar-refractivity contribution in [1.29, 1.82) is 0 Å². The molecule has 144 valence electrons. The molecular weight excluding hydrogens is 362 g/mol. The van der Waals surface area contributed by atoms with Crippen LogP contribution in [0.25, 0.3) is 11.0 Å². The second-order valence-electron chi connectivity index (χ2n) is 6.40. The molecule has 2 aromatic heterocycles. The molecule has 3 rings (SSSR count). The predicted molar refractivity (Wildman–Crippen MR) is 108 cm³/mol. The van der Waals surface area contributed by atoms with E-state index in [9.17, 15) is 4.79 Å². The van der Waals surface area contributed by atoms with E-state index in [0.29, 0.717) is 21.8 Å². The molecule has 2 heterocycles. The Bertz CT molecular complexity index is 980. The van der Waals surface area contributed by atoms with Crippen molar-refractivity contribution in [3.8, 4) is 11.5 Å². The van der Waals surface area contributed by atoms with Crippen LogP contribution in [0, 0.1) is 0 Å². The largest absolute Gasteiger partial charge is 0.493 e. The summed E-state index contributed by atoms with van der Waals surface area (Å²) in [5, 5.41) is 3.93. The van der Waals surface area contributed by atoms with Gasteiger partial charge in [-0.2, -0.15) is 9.61 Å². The van der Waals surface area contributed by atoms with Gasteiger partial charge >= 0.3 is 0 Å². The number of benzene rings is 1. The lowest BCUT2D eigenvalue weighted by Gasteiger charge is -2.11. The van der Waals surface area contributed by atoms with Gasteiger partial charge in [-0.3, -0.25) is 4.79 Å². The number of rotatable bonds is 10. The molecule has 0 N–H and O–H groups in total. The number of hydrogen-bond donors (Lipinski definition) is 0. The van der Waals surface area contributed by atoms with E-state index in [2.05, 4.69) is 17.0 Å². The molecule has 1 aromatic carbocycles. The molecule has 0 aliphatic carbocycles. The zero-order chi connectivity index (χ0) is 19.1. The Morgan fingerprint density at radius 1 is 1.15 bits per heavy atom. The molecule has 27 heavy (non-hydrogen) atoms. The maximum atomic E-state index is 12.3. The van der Waals surface area contributed by atoms with Gasteiger partial charge in [0.05, 0.1) is 18.2 Å². The number of unbranched alkanes of at least 4 members (excludes halogenated alkanes) is 5. The van der Waals surface area contributed by atoms with Crippen molar-refractivity contribution in [1.82, 2.24) is 14.6 Å². The number of hydrogen-bond acceptors (Lipinski definition) is 6. The van der Waals surface area contributed by atoms with Crippen LogP contribution in [0.15, 0.2) is 29.3 Å². The maximum absolute atomic E-state index is 12.3. The van der Waals surface area contributed by atoms with Crippen LogP contribution in [0.2, 0.25) is 0 Å². The van der Waals surface area contributed by atoms with E-state index in [0.717, 1.165) is 17.7 Å². The number of aromatic nitrogens is 3. The first-order chi connectivity index (χ1) is 13.2. The fourth-order valence-electron chi connectivity index (χ4n) is 2.89. The number of thiazole rings is 1. The van der Waals surface area contributed by atoms with Crippen LogP contribution in [0.3, 0.4) is 0 Å². The first-order valence-corrected chi connectivity index (χ1v) is 10.2. The molecule has 3 aromatic rings. The van der Waals surface area contributed by atoms with Crippen LogP contribution in [0.1, 0.15) is 51.0 Å². The summed E-state index contributed by atoms with van der Waals surface area (Å²) in [6, 6.07) is 5.70. The average Bonchev–Trinajstić information content (AvgIpc) is 3.25. The summed E-state index contributed by atoms with van der Waals surface area (Å²) in [5.41, 5.74) is 0.718. The van der Waals surface area contributed by atoms with Gasteiger partial charge in [-0.1, -0.05) is 56.4 Å². The van der Waals surface area contributed by atoms with Crippen molar-refractivity contribution in [2.24, 2.45) is 0 Å². The van der Waals surface area contributed by atoms with Crippen molar-refractivity contribution in [3.63, 3.8) is 0 Å². The zero-order valence-electron chi connectivity index (χ0n) is 15.8. The minimum absolute atomic E-state index is 0.158. The Morgan fingerprint density at radius 2 is 1.96 bits per heavy atom. The van der Waals surface area contributed by atoms with E-state index >= 15 is 0 Å². The van der Waals surface area contributed by atoms with Crippen LogP contribution >= 0.6 is 11.3 Å². The molecule has 0 spiro atoms. The summed E-state index contributed by atoms with van der Waals surface area (Å²) in [4.78, 5) is 16.9. The Balaban J connectivity index is 1.65. The molecule has 0 unspecified atom stereocenters. The van der Waals surface area contributed by atoms with Crippen molar-refractivity contribution in [2.75, 3.05) is 13.7 Å². The third kappa shape index (κ3) is 4.86. The average molecular weight is 388 g/mol. The van der Waals surface area contributed by atoms with Crippen LogP contribution in [0.5, 0.6) is 11.5 Å². The molecule has 6 nitrogen and oxygen atoms in total. The van der Waals surface area contributed by atoms with Gasteiger partial charge in [-0.05, 0) is 30.2 Å².